The molecule has 1 aromatic rings. The second kappa shape index (κ2) is 6.65. The lowest BCUT2D eigenvalue weighted by Crippen LogP contribution is -2.29. The van der Waals surface area contributed by atoms with Gasteiger partial charge in [-0.1, -0.05) is 29.8 Å². The van der Waals surface area contributed by atoms with Crippen LogP contribution in [-0.2, 0) is 20.8 Å². The summed E-state index contributed by atoms with van der Waals surface area (Å²) in [6, 6.07) is 7.95. The number of carbonyl (C=O) groups is 2. The van der Waals surface area contributed by atoms with E-state index in [9.17, 15) is 9.59 Å². The van der Waals surface area contributed by atoms with Crippen molar-refractivity contribution in [3.63, 3.8) is 0 Å². The van der Waals surface area contributed by atoms with E-state index in [4.69, 9.17) is 5.73 Å². The molecule has 0 heterocycles. The fourth-order valence-electron chi connectivity index (χ4n) is 1.25. The first kappa shape index (κ1) is 13.2. The van der Waals surface area contributed by atoms with E-state index in [0.29, 0.717) is 12.8 Å². The molecule has 0 aliphatic rings. The highest BCUT2D eigenvalue weighted by atomic mass is 16.7. The Kier molecular flexibility index (Phi) is 5.16. The van der Waals surface area contributed by atoms with E-state index in [2.05, 4.69) is 10.3 Å². The molecular formula is C12H16N2O3. The normalized spacial score (nSPS) is 9.94. The van der Waals surface area contributed by atoms with E-state index < -0.39 is 5.91 Å². The van der Waals surface area contributed by atoms with Gasteiger partial charge in [-0.3, -0.25) is 14.4 Å². The third-order valence-corrected chi connectivity index (χ3v) is 2.16. The lowest BCUT2D eigenvalue weighted by atomic mass is 10.1. The quantitative estimate of drug-likeness (QED) is 0.704. The first-order valence-corrected chi connectivity index (χ1v) is 5.32. The monoisotopic (exact) mass is 236 g/mol. The lowest BCUT2D eigenvalue weighted by Gasteiger charge is -2.04. The van der Waals surface area contributed by atoms with Crippen molar-refractivity contribution in [1.29, 1.82) is 0 Å². The smallest absolute Gasteiger partial charge is 0.246 e. The van der Waals surface area contributed by atoms with Crippen LogP contribution in [-0.4, -0.2) is 18.4 Å². The van der Waals surface area contributed by atoms with Gasteiger partial charge in [-0.05, 0) is 18.9 Å². The lowest BCUT2D eigenvalue weighted by molar-refractivity contribution is -0.137. The highest BCUT2D eigenvalue weighted by molar-refractivity contribution is 5.77. The van der Waals surface area contributed by atoms with Crippen molar-refractivity contribution in [3.8, 4) is 0 Å². The van der Waals surface area contributed by atoms with Gasteiger partial charge in [0.25, 0.3) is 0 Å². The Morgan fingerprint density at radius 1 is 1.29 bits per heavy atom. The molecule has 0 aromatic heterocycles. The maximum Gasteiger partial charge on any atom is 0.246 e. The SMILES string of the molecule is Cc1ccc(CCC(=O)NOCC(N)=O)cc1. The molecule has 0 aliphatic heterocycles. The van der Waals surface area contributed by atoms with E-state index in [1.165, 1.54) is 5.56 Å². The summed E-state index contributed by atoms with van der Waals surface area (Å²) in [5.41, 5.74) is 9.27. The molecule has 0 saturated heterocycles. The summed E-state index contributed by atoms with van der Waals surface area (Å²) >= 11 is 0. The molecule has 0 bridgehead atoms. The first-order chi connectivity index (χ1) is 8.08. The van der Waals surface area contributed by atoms with E-state index in [0.717, 1.165) is 5.56 Å². The molecule has 0 saturated carbocycles. The van der Waals surface area contributed by atoms with Crippen molar-refractivity contribution in [1.82, 2.24) is 5.48 Å². The second-order valence-electron chi connectivity index (χ2n) is 3.77. The molecule has 0 radical (unpaired) electrons. The summed E-state index contributed by atoms with van der Waals surface area (Å²) in [7, 11) is 0. The molecule has 2 amide bonds. The molecule has 1 aromatic carbocycles. The summed E-state index contributed by atoms with van der Waals surface area (Å²) in [6.45, 7) is 1.70. The largest absolute Gasteiger partial charge is 0.368 e. The minimum Gasteiger partial charge on any atom is -0.368 e. The van der Waals surface area contributed by atoms with Gasteiger partial charge in [-0.15, -0.1) is 0 Å². The predicted molar refractivity (Wildman–Crippen MR) is 62.8 cm³/mol. The minimum absolute atomic E-state index is 0.271. The summed E-state index contributed by atoms with van der Waals surface area (Å²) in [4.78, 5) is 26.2. The maximum atomic E-state index is 11.3. The van der Waals surface area contributed by atoms with Crippen LogP contribution in [0.5, 0.6) is 0 Å². The number of primary amides is 1. The fraction of sp³-hybridized carbons (Fsp3) is 0.333. The number of amides is 2. The number of carbonyl (C=O) groups excluding carboxylic acids is 2. The van der Waals surface area contributed by atoms with Gasteiger partial charge in [0.15, 0.2) is 6.61 Å². The molecular weight excluding hydrogens is 220 g/mol. The number of rotatable bonds is 6. The van der Waals surface area contributed by atoms with Crippen molar-refractivity contribution in [2.24, 2.45) is 5.73 Å². The van der Waals surface area contributed by atoms with Crippen molar-refractivity contribution < 1.29 is 14.4 Å². The number of aryl methyl sites for hydroxylation is 2. The average Bonchev–Trinajstić information content (AvgIpc) is 2.28. The van der Waals surface area contributed by atoms with Gasteiger partial charge in [0.05, 0.1) is 0 Å². The number of hydrogen-bond acceptors (Lipinski definition) is 3. The van der Waals surface area contributed by atoms with Crippen LogP contribution < -0.4 is 11.2 Å². The van der Waals surface area contributed by atoms with E-state index in [-0.39, 0.29) is 12.5 Å². The Morgan fingerprint density at radius 3 is 2.53 bits per heavy atom. The fourth-order valence-corrected chi connectivity index (χ4v) is 1.25. The van der Waals surface area contributed by atoms with E-state index in [1.807, 2.05) is 31.2 Å². The Morgan fingerprint density at radius 2 is 1.94 bits per heavy atom. The van der Waals surface area contributed by atoms with Crippen LogP contribution >= 0.6 is 0 Å². The van der Waals surface area contributed by atoms with Gasteiger partial charge in [0.2, 0.25) is 11.8 Å². The number of hydroxylamine groups is 1. The summed E-state index contributed by atoms with van der Waals surface area (Å²) in [6.07, 6.45) is 0.938. The van der Waals surface area contributed by atoms with E-state index in [1.54, 1.807) is 0 Å². The highest BCUT2D eigenvalue weighted by Crippen LogP contribution is 2.05. The molecule has 0 atom stereocenters. The third-order valence-electron chi connectivity index (χ3n) is 2.16. The van der Waals surface area contributed by atoms with E-state index >= 15 is 0 Å². The summed E-state index contributed by atoms with van der Waals surface area (Å²) in [5.74, 6) is -0.893. The van der Waals surface area contributed by atoms with Gasteiger partial charge in [0, 0.05) is 6.42 Å². The molecule has 92 valence electrons. The maximum absolute atomic E-state index is 11.3. The molecule has 17 heavy (non-hydrogen) atoms. The minimum atomic E-state index is -0.621. The molecule has 0 aliphatic carbocycles. The standard InChI is InChI=1S/C12H16N2O3/c1-9-2-4-10(5-3-9)6-7-12(16)14-17-8-11(13)15/h2-5H,6-8H2,1H3,(H2,13,15)(H,14,16). The van der Waals surface area contributed by atoms with Crippen molar-refractivity contribution in [3.05, 3.63) is 35.4 Å². The molecule has 0 unspecified atom stereocenters. The Labute approximate surface area is 99.9 Å². The zero-order valence-corrected chi connectivity index (χ0v) is 9.73. The van der Waals surface area contributed by atoms with Gasteiger partial charge < -0.3 is 5.73 Å². The Hall–Kier alpha value is -1.88. The number of benzene rings is 1. The number of nitrogens with one attached hydrogen (secondary N) is 1. The number of hydrogen-bond donors (Lipinski definition) is 2. The summed E-state index contributed by atoms with van der Waals surface area (Å²) < 4.78 is 0. The van der Waals surface area contributed by atoms with Crippen LogP contribution in [0, 0.1) is 6.92 Å². The van der Waals surface area contributed by atoms with Crippen molar-refractivity contribution in [2.75, 3.05) is 6.61 Å². The van der Waals surface area contributed by atoms with Crippen molar-refractivity contribution >= 4 is 11.8 Å². The number of nitrogens with two attached hydrogens (primary N) is 1. The zero-order valence-electron chi connectivity index (χ0n) is 9.73. The Bertz CT molecular complexity index is 387. The van der Waals surface area contributed by atoms with Gasteiger partial charge in [-0.2, -0.15) is 0 Å². The van der Waals surface area contributed by atoms with Crippen LogP contribution in [0.4, 0.5) is 0 Å². The predicted octanol–water partition coefficient (Wildman–Crippen LogP) is 0.461. The third kappa shape index (κ3) is 5.67. The second-order valence-corrected chi connectivity index (χ2v) is 3.77. The van der Waals surface area contributed by atoms with Crippen LogP contribution in [0.3, 0.4) is 0 Å². The van der Waals surface area contributed by atoms with Crippen LogP contribution in [0.15, 0.2) is 24.3 Å². The highest BCUT2D eigenvalue weighted by Gasteiger charge is 2.03. The topological polar surface area (TPSA) is 81.4 Å². The van der Waals surface area contributed by atoms with Gasteiger partial charge >= 0.3 is 0 Å². The molecule has 5 nitrogen and oxygen atoms in total. The van der Waals surface area contributed by atoms with Crippen LogP contribution in [0.1, 0.15) is 17.5 Å². The average molecular weight is 236 g/mol. The summed E-state index contributed by atoms with van der Waals surface area (Å²) in [5, 5.41) is 0. The molecule has 0 spiro atoms. The van der Waals surface area contributed by atoms with Gasteiger partial charge in [0.1, 0.15) is 0 Å². The Balaban J connectivity index is 2.23. The zero-order chi connectivity index (χ0) is 12.7. The molecule has 3 N–H and O–H groups in total. The van der Waals surface area contributed by atoms with Crippen LogP contribution in [0.2, 0.25) is 0 Å². The first-order valence-electron chi connectivity index (χ1n) is 5.32. The molecule has 5 heteroatoms. The molecule has 1 rings (SSSR count). The van der Waals surface area contributed by atoms with Gasteiger partial charge in [-0.25, -0.2) is 5.48 Å². The van der Waals surface area contributed by atoms with Crippen LogP contribution in [0.25, 0.3) is 0 Å². The molecule has 0 fully saturated rings. The van der Waals surface area contributed by atoms with Crippen molar-refractivity contribution in [2.45, 2.75) is 19.8 Å².